The Labute approximate surface area is 160 Å². The number of hydrogen-bond donors (Lipinski definition) is 1. The summed E-state index contributed by atoms with van der Waals surface area (Å²) < 4.78 is 0. The molecule has 27 heavy (non-hydrogen) atoms. The summed E-state index contributed by atoms with van der Waals surface area (Å²) in [5, 5.41) is 5.08. The van der Waals surface area contributed by atoms with E-state index in [1.54, 1.807) is 12.4 Å². The number of nitrogens with one attached hydrogen (secondary N) is 1. The van der Waals surface area contributed by atoms with Gasteiger partial charge in [0.25, 0.3) is 5.91 Å². The smallest absolute Gasteiger partial charge is 0.251 e. The summed E-state index contributed by atoms with van der Waals surface area (Å²) in [6.45, 7) is 5.38. The highest BCUT2D eigenvalue weighted by Gasteiger charge is 2.07. The van der Waals surface area contributed by atoms with Gasteiger partial charge >= 0.3 is 0 Å². The molecule has 1 N–H and O–H groups in total. The lowest BCUT2D eigenvalue weighted by Gasteiger charge is -2.18. The van der Waals surface area contributed by atoms with Crippen LogP contribution in [0.25, 0.3) is 16.8 Å². The molecule has 0 unspecified atom stereocenters. The molecular formula is C23H25N3O. The molecule has 0 aliphatic carbocycles. The lowest BCUT2D eigenvalue weighted by Crippen LogP contribution is -2.35. The van der Waals surface area contributed by atoms with Gasteiger partial charge in [-0.05, 0) is 35.7 Å². The van der Waals surface area contributed by atoms with Gasteiger partial charge in [0.1, 0.15) is 0 Å². The van der Waals surface area contributed by atoms with E-state index in [-0.39, 0.29) is 5.91 Å². The van der Waals surface area contributed by atoms with Crippen molar-refractivity contribution in [2.24, 2.45) is 0 Å². The van der Waals surface area contributed by atoms with Gasteiger partial charge in [-0.1, -0.05) is 55.5 Å². The molecular weight excluding hydrogens is 334 g/mol. The van der Waals surface area contributed by atoms with Crippen molar-refractivity contribution in [2.75, 3.05) is 26.2 Å². The van der Waals surface area contributed by atoms with Crippen molar-refractivity contribution in [1.82, 2.24) is 15.2 Å². The maximum Gasteiger partial charge on any atom is 0.251 e. The summed E-state index contributed by atoms with van der Waals surface area (Å²) in [5.41, 5.74) is 1.87. The summed E-state index contributed by atoms with van der Waals surface area (Å²) in [4.78, 5) is 18.8. The highest BCUT2D eigenvalue weighted by molar-refractivity contribution is 5.98. The van der Waals surface area contributed by atoms with Gasteiger partial charge < -0.3 is 5.32 Å². The second-order valence-corrected chi connectivity index (χ2v) is 6.40. The summed E-state index contributed by atoms with van der Waals surface area (Å²) in [5.74, 6) is -0.0448. The molecule has 0 atom stereocenters. The third-order valence-electron chi connectivity index (χ3n) is 4.54. The van der Waals surface area contributed by atoms with Crippen molar-refractivity contribution in [1.29, 1.82) is 0 Å². The van der Waals surface area contributed by atoms with E-state index in [0.29, 0.717) is 12.1 Å². The molecule has 1 amide bonds. The Hall–Kier alpha value is -2.98. The third-order valence-corrected chi connectivity index (χ3v) is 4.54. The van der Waals surface area contributed by atoms with Gasteiger partial charge in [-0.3, -0.25) is 14.7 Å². The Bertz CT molecular complexity index is 906. The average Bonchev–Trinajstić information content (AvgIpc) is 2.73. The summed E-state index contributed by atoms with van der Waals surface area (Å²) >= 11 is 0. The fraction of sp³-hybridized carbons (Fsp3) is 0.217. The predicted molar refractivity (Wildman–Crippen MR) is 112 cm³/mol. The van der Waals surface area contributed by atoms with Crippen LogP contribution in [0.2, 0.25) is 0 Å². The number of nitrogens with zero attached hydrogens (tertiary/aromatic N) is 2. The van der Waals surface area contributed by atoms with Gasteiger partial charge in [0.05, 0.1) is 0 Å². The number of rotatable bonds is 8. The predicted octanol–water partition coefficient (Wildman–Crippen LogP) is 4.00. The minimum Gasteiger partial charge on any atom is -0.351 e. The summed E-state index contributed by atoms with van der Waals surface area (Å²) in [6.07, 6.45) is 7.83. The van der Waals surface area contributed by atoms with Crippen molar-refractivity contribution < 1.29 is 4.79 Å². The van der Waals surface area contributed by atoms with Crippen LogP contribution in [0.15, 0.2) is 73.1 Å². The zero-order valence-corrected chi connectivity index (χ0v) is 15.6. The standard InChI is InChI=1S/C23H25N3O/c1-2-26(15-6-9-19-7-4-3-5-8-19)16-14-25-23(27)21-11-10-20-12-13-24-18-22(20)17-21/h3-13,17-18H,2,14-16H2,1H3,(H,25,27)/b9-6+. The van der Waals surface area contributed by atoms with Gasteiger partial charge in [-0.2, -0.15) is 0 Å². The topological polar surface area (TPSA) is 45.2 Å². The minimum absolute atomic E-state index is 0.0448. The highest BCUT2D eigenvalue weighted by atomic mass is 16.1. The molecule has 0 radical (unpaired) electrons. The van der Waals surface area contributed by atoms with Crippen molar-refractivity contribution in [3.05, 3.63) is 84.2 Å². The maximum absolute atomic E-state index is 12.4. The van der Waals surface area contributed by atoms with Crippen molar-refractivity contribution in [2.45, 2.75) is 6.92 Å². The molecule has 0 saturated carbocycles. The molecule has 2 aromatic carbocycles. The van der Waals surface area contributed by atoms with E-state index in [1.807, 2.05) is 42.5 Å². The van der Waals surface area contributed by atoms with Gasteiger partial charge in [0.2, 0.25) is 0 Å². The Morgan fingerprint density at radius 1 is 1.11 bits per heavy atom. The molecule has 1 heterocycles. The minimum atomic E-state index is -0.0448. The van der Waals surface area contributed by atoms with Gasteiger partial charge in [-0.15, -0.1) is 0 Å². The monoisotopic (exact) mass is 359 g/mol. The zero-order chi connectivity index (χ0) is 18.9. The largest absolute Gasteiger partial charge is 0.351 e. The Morgan fingerprint density at radius 2 is 1.96 bits per heavy atom. The van der Waals surface area contributed by atoms with Crippen LogP contribution in [0, 0.1) is 0 Å². The van der Waals surface area contributed by atoms with Crippen LogP contribution in [0.5, 0.6) is 0 Å². The summed E-state index contributed by atoms with van der Waals surface area (Å²) in [6, 6.07) is 17.9. The quantitative estimate of drug-likeness (QED) is 0.661. The highest BCUT2D eigenvalue weighted by Crippen LogP contribution is 2.14. The molecule has 4 heteroatoms. The molecule has 3 rings (SSSR count). The number of carbonyl (C=O) groups excluding carboxylic acids is 1. The van der Waals surface area contributed by atoms with Gasteiger partial charge in [-0.25, -0.2) is 0 Å². The molecule has 138 valence electrons. The van der Waals surface area contributed by atoms with Crippen LogP contribution in [0.3, 0.4) is 0 Å². The number of hydrogen-bond acceptors (Lipinski definition) is 3. The second-order valence-electron chi connectivity index (χ2n) is 6.40. The molecule has 1 aromatic heterocycles. The van der Waals surface area contributed by atoms with Crippen molar-refractivity contribution >= 4 is 22.8 Å². The fourth-order valence-electron chi connectivity index (χ4n) is 2.94. The van der Waals surface area contributed by atoms with Crippen LogP contribution < -0.4 is 5.32 Å². The van der Waals surface area contributed by atoms with Crippen molar-refractivity contribution in [3.63, 3.8) is 0 Å². The number of pyridine rings is 1. The lowest BCUT2D eigenvalue weighted by atomic mass is 10.1. The number of carbonyl (C=O) groups is 1. The Kier molecular flexibility index (Phi) is 6.72. The van der Waals surface area contributed by atoms with Crippen LogP contribution in [0.4, 0.5) is 0 Å². The fourth-order valence-corrected chi connectivity index (χ4v) is 2.94. The Morgan fingerprint density at radius 3 is 2.78 bits per heavy atom. The number of fused-ring (bicyclic) bond motifs is 1. The van der Waals surface area contributed by atoms with Gasteiger partial charge in [0, 0.05) is 43.0 Å². The van der Waals surface area contributed by atoms with E-state index in [0.717, 1.165) is 30.4 Å². The number of amides is 1. The van der Waals surface area contributed by atoms with E-state index in [2.05, 4.69) is 46.4 Å². The van der Waals surface area contributed by atoms with E-state index < -0.39 is 0 Å². The molecule has 3 aromatic rings. The second kappa shape index (κ2) is 9.64. The van der Waals surface area contributed by atoms with E-state index >= 15 is 0 Å². The molecule has 0 fully saturated rings. The third kappa shape index (κ3) is 5.50. The number of likely N-dealkylation sites (N-methyl/N-ethyl adjacent to an activating group) is 1. The first kappa shape index (κ1) is 18.8. The number of benzene rings is 2. The molecule has 0 aliphatic rings. The maximum atomic E-state index is 12.4. The van der Waals surface area contributed by atoms with Crippen LogP contribution in [-0.4, -0.2) is 42.0 Å². The van der Waals surface area contributed by atoms with Crippen LogP contribution in [0.1, 0.15) is 22.8 Å². The van der Waals surface area contributed by atoms with Crippen LogP contribution >= 0.6 is 0 Å². The Balaban J connectivity index is 1.48. The average molecular weight is 359 g/mol. The van der Waals surface area contributed by atoms with Crippen molar-refractivity contribution in [3.8, 4) is 0 Å². The normalized spacial score (nSPS) is 11.3. The first-order chi connectivity index (χ1) is 13.3. The first-order valence-electron chi connectivity index (χ1n) is 9.32. The molecule has 0 aliphatic heterocycles. The lowest BCUT2D eigenvalue weighted by molar-refractivity contribution is 0.0949. The van der Waals surface area contributed by atoms with Crippen LogP contribution in [-0.2, 0) is 0 Å². The van der Waals surface area contributed by atoms with Gasteiger partial charge in [0.15, 0.2) is 0 Å². The van der Waals surface area contributed by atoms with E-state index in [4.69, 9.17) is 0 Å². The molecule has 0 bridgehead atoms. The van der Waals surface area contributed by atoms with E-state index in [1.165, 1.54) is 5.56 Å². The zero-order valence-electron chi connectivity index (χ0n) is 15.6. The number of aromatic nitrogens is 1. The molecule has 4 nitrogen and oxygen atoms in total. The first-order valence-corrected chi connectivity index (χ1v) is 9.32. The summed E-state index contributed by atoms with van der Waals surface area (Å²) in [7, 11) is 0. The SMILES string of the molecule is CCN(C/C=C/c1ccccc1)CCNC(=O)c1ccc2ccncc2c1. The molecule has 0 spiro atoms. The molecule has 0 saturated heterocycles. The van der Waals surface area contributed by atoms with E-state index in [9.17, 15) is 4.79 Å².